The Morgan fingerprint density at radius 3 is 2.70 bits per heavy atom. The van der Waals surface area contributed by atoms with E-state index in [4.69, 9.17) is 0 Å². The predicted molar refractivity (Wildman–Crippen MR) is 124 cm³/mol. The first-order chi connectivity index (χ1) is 14.6. The maximum Gasteiger partial charge on any atom is 0.210 e. The molecule has 3 rings (SSSR count). The van der Waals surface area contributed by atoms with Crippen LogP contribution in [0.2, 0.25) is 0 Å². The average molecular weight is 409 g/mol. The van der Waals surface area contributed by atoms with Crippen molar-refractivity contribution in [1.82, 2.24) is 10.2 Å². The molecule has 0 spiro atoms. The number of nitrogens with one attached hydrogen (secondary N) is 1. The molecule has 1 aromatic rings. The van der Waals surface area contributed by atoms with Crippen LogP contribution in [-0.2, 0) is 4.79 Å². The van der Waals surface area contributed by atoms with Crippen LogP contribution in [-0.4, -0.2) is 35.5 Å². The molecule has 0 heterocycles. The van der Waals surface area contributed by atoms with Gasteiger partial charge in [0, 0.05) is 24.5 Å². The summed E-state index contributed by atoms with van der Waals surface area (Å²) < 4.78 is 0. The zero-order chi connectivity index (χ0) is 21.6. The van der Waals surface area contributed by atoms with Gasteiger partial charge in [-0.25, -0.2) is 0 Å². The number of rotatable bonds is 10. The number of hydrogen-bond acceptors (Lipinski definition) is 3. The largest absolute Gasteiger partial charge is 0.508 e. The van der Waals surface area contributed by atoms with Crippen LogP contribution in [0.1, 0.15) is 69.5 Å². The van der Waals surface area contributed by atoms with Crippen molar-refractivity contribution in [1.29, 1.82) is 0 Å². The summed E-state index contributed by atoms with van der Waals surface area (Å²) in [6.45, 7) is 9.65. The molecule has 2 unspecified atom stereocenters. The van der Waals surface area contributed by atoms with Crippen LogP contribution in [0.15, 0.2) is 48.6 Å². The van der Waals surface area contributed by atoms with Crippen molar-refractivity contribution in [3.05, 3.63) is 59.7 Å². The summed E-state index contributed by atoms with van der Waals surface area (Å²) in [5.74, 6) is 0.244. The van der Waals surface area contributed by atoms with E-state index < -0.39 is 0 Å². The number of phenols is 1. The first-order valence-electron chi connectivity index (χ1n) is 11.4. The number of aromatic hydroxyl groups is 1. The molecule has 1 saturated carbocycles. The summed E-state index contributed by atoms with van der Waals surface area (Å²) in [6, 6.07) is 5.93. The van der Waals surface area contributed by atoms with E-state index in [1.54, 1.807) is 12.1 Å². The number of allylic oxidation sites excluding steroid dienone is 3. The molecule has 2 aliphatic rings. The highest BCUT2D eigenvalue weighted by Gasteiger charge is 2.46. The summed E-state index contributed by atoms with van der Waals surface area (Å²) >= 11 is 0. The topological polar surface area (TPSA) is 52.6 Å². The fourth-order valence-corrected chi connectivity index (χ4v) is 5.26. The number of fused-ring (bicyclic) bond motifs is 1. The van der Waals surface area contributed by atoms with E-state index in [-0.39, 0.29) is 17.2 Å². The molecule has 162 valence electrons. The fraction of sp³-hybridized carbons (Fsp3) is 0.500. The molecule has 0 aromatic heterocycles. The van der Waals surface area contributed by atoms with E-state index in [0.717, 1.165) is 36.9 Å². The zero-order valence-corrected chi connectivity index (χ0v) is 18.4. The number of carbonyl (C=O) groups is 1. The molecule has 0 bridgehead atoms. The van der Waals surface area contributed by atoms with Crippen LogP contribution >= 0.6 is 0 Å². The molecule has 2 N–H and O–H groups in total. The van der Waals surface area contributed by atoms with Gasteiger partial charge in [0.05, 0.1) is 6.04 Å². The number of amides is 1. The van der Waals surface area contributed by atoms with Crippen molar-refractivity contribution in [3.8, 4) is 5.75 Å². The number of hydrogen-bond donors (Lipinski definition) is 2. The molecule has 0 aliphatic heterocycles. The lowest BCUT2D eigenvalue weighted by Crippen LogP contribution is -2.50. The van der Waals surface area contributed by atoms with Gasteiger partial charge in [0.2, 0.25) is 6.41 Å². The Labute approximate surface area is 181 Å². The monoisotopic (exact) mass is 408 g/mol. The Morgan fingerprint density at radius 2 is 2.07 bits per heavy atom. The van der Waals surface area contributed by atoms with Gasteiger partial charge in [0.15, 0.2) is 0 Å². The molecule has 30 heavy (non-hydrogen) atoms. The summed E-state index contributed by atoms with van der Waals surface area (Å²) in [6.07, 6.45) is 15.9. The standard InChI is InChI=1S/C26H36N2O2/c1-4-7-10-21-16-20-13-14-23(30)17-24(20)25(28(19-29)15-5-2)26(21,6-3)18-27-22-11-8-9-12-22/h4,7,10,13-14,16-17,19,22,25,27,30H,1,5-6,8-9,11-12,15,18H2,2-3H3/b10-7-. The maximum atomic E-state index is 12.3. The van der Waals surface area contributed by atoms with Gasteiger partial charge in [0.1, 0.15) is 5.75 Å². The van der Waals surface area contributed by atoms with Crippen LogP contribution in [0.4, 0.5) is 0 Å². The molecule has 0 saturated heterocycles. The summed E-state index contributed by atoms with van der Waals surface area (Å²) in [7, 11) is 0. The molecule has 1 fully saturated rings. The highest BCUT2D eigenvalue weighted by atomic mass is 16.3. The first kappa shape index (κ1) is 22.4. The Balaban J connectivity index is 2.15. The first-order valence-corrected chi connectivity index (χ1v) is 11.4. The lowest BCUT2D eigenvalue weighted by atomic mass is 9.64. The van der Waals surface area contributed by atoms with Crippen LogP contribution < -0.4 is 5.32 Å². The highest BCUT2D eigenvalue weighted by molar-refractivity contribution is 5.68. The quantitative estimate of drug-likeness (QED) is 0.404. The van der Waals surface area contributed by atoms with Gasteiger partial charge in [-0.2, -0.15) is 0 Å². The third kappa shape index (κ3) is 4.39. The van der Waals surface area contributed by atoms with Crippen molar-refractivity contribution < 1.29 is 9.90 Å². The lowest BCUT2D eigenvalue weighted by molar-refractivity contribution is -0.123. The lowest BCUT2D eigenvalue weighted by Gasteiger charge is -2.49. The molecule has 0 radical (unpaired) electrons. The number of benzene rings is 1. The minimum Gasteiger partial charge on any atom is -0.508 e. The molecule has 1 amide bonds. The molecule has 4 heteroatoms. The van der Waals surface area contributed by atoms with Crippen molar-refractivity contribution in [2.24, 2.45) is 5.41 Å². The van der Waals surface area contributed by atoms with E-state index >= 15 is 0 Å². The Kier molecular flexibility index (Phi) is 7.54. The van der Waals surface area contributed by atoms with Crippen LogP contribution in [0.3, 0.4) is 0 Å². The van der Waals surface area contributed by atoms with E-state index in [9.17, 15) is 9.90 Å². The van der Waals surface area contributed by atoms with Gasteiger partial charge in [-0.1, -0.05) is 63.6 Å². The van der Waals surface area contributed by atoms with Gasteiger partial charge < -0.3 is 15.3 Å². The Bertz CT molecular complexity index is 807. The normalized spacial score (nSPS) is 23.9. The van der Waals surface area contributed by atoms with Gasteiger partial charge in [-0.3, -0.25) is 4.79 Å². The van der Waals surface area contributed by atoms with Crippen molar-refractivity contribution in [2.45, 2.75) is 64.5 Å². The maximum absolute atomic E-state index is 12.3. The van der Waals surface area contributed by atoms with Crippen LogP contribution in [0.25, 0.3) is 6.08 Å². The van der Waals surface area contributed by atoms with Crippen LogP contribution in [0.5, 0.6) is 5.75 Å². The number of nitrogens with zero attached hydrogens (tertiary/aromatic N) is 1. The molecule has 2 aliphatic carbocycles. The molecule has 4 nitrogen and oxygen atoms in total. The van der Waals surface area contributed by atoms with Crippen molar-refractivity contribution >= 4 is 12.5 Å². The smallest absolute Gasteiger partial charge is 0.210 e. The SMILES string of the molecule is C=C/C=C\C1=Cc2ccc(O)cc2C(N(C=O)CCC)C1(CC)CNC1CCCC1. The van der Waals surface area contributed by atoms with E-state index in [0.29, 0.717) is 12.6 Å². The zero-order valence-electron chi connectivity index (χ0n) is 18.4. The third-order valence-corrected chi connectivity index (χ3v) is 6.83. The second-order valence-electron chi connectivity index (χ2n) is 8.63. The molecular formula is C26H36N2O2. The van der Waals surface area contributed by atoms with Crippen LogP contribution in [0, 0.1) is 5.41 Å². The van der Waals surface area contributed by atoms with Gasteiger partial charge in [0.25, 0.3) is 0 Å². The Hall–Kier alpha value is -2.33. The average Bonchev–Trinajstić information content (AvgIpc) is 3.28. The Morgan fingerprint density at radius 1 is 1.30 bits per heavy atom. The van der Waals surface area contributed by atoms with E-state index in [2.05, 4.69) is 37.9 Å². The third-order valence-electron chi connectivity index (χ3n) is 6.83. The summed E-state index contributed by atoms with van der Waals surface area (Å²) in [5.41, 5.74) is 3.02. The van der Waals surface area contributed by atoms with E-state index in [1.165, 1.54) is 31.3 Å². The second-order valence-corrected chi connectivity index (χ2v) is 8.63. The summed E-state index contributed by atoms with van der Waals surface area (Å²) in [5, 5.41) is 14.1. The molecule has 2 atom stereocenters. The predicted octanol–water partition coefficient (Wildman–Crippen LogP) is 5.37. The summed E-state index contributed by atoms with van der Waals surface area (Å²) in [4.78, 5) is 14.2. The van der Waals surface area contributed by atoms with Gasteiger partial charge in [-0.15, -0.1) is 0 Å². The highest BCUT2D eigenvalue weighted by Crippen LogP contribution is 2.52. The molecular weight excluding hydrogens is 372 g/mol. The minimum absolute atomic E-state index is 0.134. The minimum atomic E-state index is -0.279. The van der Waals surface area contributed by atoms with Gasteiger partial charge in [-0.05, 0) is 54.5 Å². The van der Waals surface area contributed by atoms with Crippen molar-refractivity contribution in [3.63, 3.8) is 0 Å². The van der Waals surface area contributed by atoms with E-state index in [1.807, 2.05) is 23.1 Å². The second kappa shape index (κ2) is 10.1. The van der Waals surface area contributed by atoms with Gasteiger partial charge >= 0.3 is 0 Å². The van der Waals surface area contributed by atoms with Crippen molar-refractivity contribution in [2.75, 3.05) is 13.1 Å². The number of carbonyl (C=O) groups excluding carboxylic acids is 1. The number of phenolic OH excluding ortho intramolecular Hbond substituents is 1. The molecule has 1 aromatic carbocycles. The fourth-order valence-electron chi connectivity index (χ4n) is 5.26.